The zero-order chi connectivity index (χ0) is 16.6. The number of benzene rings is 1. The molecule has 1 aromatic carbocycles. The van der Waals surface area contributed by atoms with E-state index in [-0.39, 0.29) is 0 Å². The van der Waals surface area contributed by atoms with E-state index in [0.29, 0.717) is 19.6 Å². The van der Waals surface area contributed by atoms with Crippen LogP contribution in [0.15, 0.2) is 18.2 Å². The van der Waals surface area contributed by atoms with E-state index in [4.69, 9.17) is 9.47 Å². The summed E-state index contributed by atoms with van der Waals surface area (Å²) in [4.78, 5) is 11.5. The summed E-state index contributed by atoms with van der Waals surface area (Å²) >= 11 is 0. The van der Waals surface area contributed by atoms with Crippen LogP contribution in [0.3, 0.4) is 0 Å². The van der Waals surface area contributed by atoms with Gasteiger partial charge in [-0.25, -0.2) is 4.79 Å². The minimum Gasteiger partial charge on any atom is -0.496 e. The third-order valence-corrected chi connectivity index (χ3v) is 2.89. The van der Waals surface area contributed by atoms with Crippen molar-refractivity contribution in [3.8, 4) is 5.75 Å². The van der Waals surface area contributed by atoms with E-state index in [1.807, 2.05) is 46.0 Å². The maximum absolute atomic E-state index is 11.5. The average molecular weight is 309 g/mol. The Hall–Kier alpha value is -1.95. The molecule has 0 fully saturated rings. The number of rotatable bonds is 7. The van der Waals surface area contributed by atoms with Crippen molar-refractivity contribution in [1.29, 1.82) is 0 Å². The first-order valence-corrected chi connectivity index (χ1v) is 7.38. The number of ether oxygens (including phenoxy) is 2. The van der Waals surface area contributed by atoms with Crippen LogP contribution < -0.4 is 20.7 Å². The summed E-state index contributed by atoms with van der Waals surface area (Å²) in [6.07, 6.45) is -0.400. The summed E-state index contributed by atoms with van der Waals surface area (Å²) in [5, 5.41) is 9.14. The Kier molecular flexibility index (Phi) is 6.98. The average Bonchev–Trinajstić information content (AvgIpc) is 2.44. The molecule has 6 heteroatoms. The van der Waals surface area contributed by atoms with Gasteiger partial charge in [0, 0.05) is 37.9 Å². The fourth-order valence-corrected chi connectivity index (χ4v) is 1.95. The number of alkyl carbamates (subject to hydrolysis) is 1. The molecule has 1 amide bonds. The minimum atomic E-state index is -0.476. The molecule has 1 aromatic rings. The summed E-state index contributed by atoms with van der Waals surface area (Å²) in [7, 11) is 3.53. The summed E-state index contributed by atoms with van der Waals surface area (Å²) in [6.45, 7) is 7.30. The monoisotopic (exact) mass is 309 g/mol. The highest BCUT2D eigenvalue weighted by atomic mass is 16.6. The van der Waals surface area contributed by atoms with Gasteiger partial charge in [-0.05, 0) is 32.9 Å². The molecule has 0 radical (unpaired) electrons. The lowest BCUT2D eigenvalue weighted by molar-refractivity contribution is 0.0528. The molecule has 0 spiro atoms. The lowest BCUT2D eigenvalue weighted by Crippen LogP contribution is -2.36. The molecule has 1 rings (SSSR count). The van der Waals surface area contributed by atoms with Gasteiger partial charge in [-0.3, -0.25) is 0 Å². The van der Waals surface area contributed by atoms with E-state index in [0.717, 1.165) is 17.0 Å². The number of nitrogens with one attached hydrogen (secondary N) is 3. The van der Waals surface area contributed by atoms with Crippen LogP contribution in [-0.4, -0.2) is 38.9 Å². The van der Waals surface area contributed by atoms with Gasteiger partial charge in [-0.2, -0.15) is 0 Å². The van der Waals surface area contributed by atoms with Gasteiger partial charge in [0.1, 0.15) is 11.4 Å². The molecular formula is C16H27N3O3. The number of methoxy groups -OCH3 is 1. The van der Waals surface area contributed by atoms with E-state index in [2.05, 4.69) is 16.0 Å². The van der Waals surface area contributed by atoms with Crippen LogP contribution in [0, 0.1) is 0 Å². The number of hydrogen-bond donors (Lipinski definition) is 3. The standard InChI is InChI=1S/C16H27N3O3/c1-16(2,3)22-15(20)19-10-9-18-11-12-13(17-4)7-6-8-14(12)21-5/h6-8,17-18H,9-11H2,1-5H3,(H,19,20). The number of carbonyl (C=O) groups excluding carboxylic acids is 1. The summed E-state index contributed by atoms with van der Waals surface area (Å²) < 4.78 is 10.5. The predicted molar refractivity (Wildman–Crippen MR) is 88.5 cm³/mol. The van der Waals surface area contributed by atoms with Gasteiger partial charge in [-0.15, -0.1) is 0 Å². The van der Waals surface area contributed by atoms with E-state index in [1.165, 1.54) is 0 Å². The molecule has 0 heterocycles. The SMILES string of the molecule is CNc1cccc(OC)c1CNCCNC(=O)OC(C)(C)C. The van der Waals surface area contributed by atoms with Crippen molar-refractivity contribution in [2.45, 2.75) is 32.9 Å². The first-order chi connectivity index (χ1) is 10.4. The first kappa shape index (κ1) is 18.1. The fourth-order valence-electron chi connectivity index (χ4n) is 1.95. The minimum absolute atomic E-state index is 0.400. The van der Waals surface area contributed by atoms with E-state index in [9.17, 15) is 4.79 Å². The summed E-state index contributed by atoms with van der Waals surface area (Å²) in [6, 6.07) is 5.87. The van der Waals surface area contributed by atoms with Crippen LogP contribution in [0.1, 0.15) is 26.3 Å². The van der Waals surface area contributed by atoms with Crippen LogP contribution >= 0.6 is 0 Å². The maximum atomic E-state index is 11.5. The van der Waals surface area contributed by atoms with Crippen molar-refractivity contribution < 1.29 is 14.3 Å². The number of anilines is 1. The Labute approximate surface area is 132 Å². The van der Waals surface area contributed by atoms with Gasteiger partial charge in [0.15, 0.2) is 0 Å². The Morgan fingerprint density at radius 3 is 2.55 bits per heavy atom. The van der Waals surface area contributed by atoms with E-state index in [1.54, 1.807) is 7.11 Å². The zero-order valence-electron chi connectivity index (χ0n) is 14.1. The second-order valence-corrected chi connectivity index (χ2v) is 5.84. The molecule has 0 aliphatic heterocycles. The number of carbonyl (C=O) groups is 1. The maximum Gasteiger partial charge on any atom is 0.407 e. The molecule has 0 unspecified atom stereocenters. The smallest absolute Gasteiger partial charge is 0.407 e. The molecular weight excluding hydrogens is 282 g/mol. The molecule has 3 N–H and O–H groups in total. The summed E-state index contributed by atoms with van der Waals surface area (Å²) in [5.41, 5.74) is 1.60. The van der Waals surface area contributed by atoms with Gasteiger partial charge in [-0.1, -0.05) is 6.07 Å². The Morgan fingerprint density at radius 1 is 1.23 bits per heavy atom. The van der Waals surface area contributed by atoms with Gasteiger partial charge >= 0.3 is 6.09 Å². The van der Waals surface area contributed by atoms with Crippen LogP contribution in [0.5, 0.6) is 5.75 Å². The highest BCUT2D eigenvalue weighted by molar-refractivity contribution is 5.67. The molecule has 6 nitrogen and oxygen atoms in total. The van der Waals surface area contributed by atoms with Crippen LogP contribution in [-0.2, 0) is 11.3 Å². The van der Waals surface area contributed by atoms with Crippen molar-refractivity contribution in [3.63, 3.8) is 0 Å². The van der Waals surface area contributed by atoms with Crippen molar-refractivity contribution in [2.24, 2.45) is 0 Å². The van der Waals surface area contributed by atoms with E-state index >= 15 is 0 Å². The van der Waals surface area contributed by atoms with Crippen molar-refractivity contribution in [2.75, 3.05) is 32.6 Å². The highest BCUT2D eigenvalue weighted by Gasteiger charge is 2.15. The second-order valence-electron chi connectivity index (χ2n) is 5.84. The lowest BCUT2D eigenvalue weighted by Gasteiger charge is -2.19. The molecule has 0 aliphatic carbocycles. The van der Waals surface area contributed by atoms with Crippen molar-refractivity contribution >= 4 is 11.8 Å². The van der Waals surface area contributed by atoms with Crippen molar-refractivity contribution in [3.05, 3.63) is 23.8 Å². The topological polar surface area (TPSA) is 71.6 Å². The zero-order valence-corrected chi connectivity index (χ0v) is 14.1. The fraction of sp³-hybridized carbons (Fsp3) is 0.562. The first-order valence-electron chi connectivity index (χ1n) is 7.38. The van der Waals surface area contributed by atoms with E-state index < -0.39 is 11.7 Å². The molecule has 0 atom stereocenters. The van der Waals surface area contributed by atoms with Crippen LogP contribution in [0.25, 0.3) is 0 Å². The van der Waals surface area contributed by atoms with Gasteiger partial charge < -0.3 is 25.4 Å². The highest BCUT2D eigenvalue weighted by Crippen LogP contribution is 2.25. The van der Waals surface area contributed by atoms with Crippen LogP contribution in [0.2, 0.25) is 0 Å². The molecule has 124 valence electrons. The molecule has 0 saturated carbocycles. The number of hydrogen-bond acceptors (Lipinski definition) is 5. The molecule has 0 saturated heterocycles. The van der Waals surface area contributed by atoms with Crippen molar-refractivity contribution in [1.82, 2.24) is 10.6 Å². The predicted octanol–water partition coefficient (Wildman–Crippen LogP) is 2.35. The van der Waals surface area contributed by atoms with Crippen LogP contribution in [0.4, 0.5) is 10.5 Å². The second kappa shape index (κ2) is 8.48. The largest absolute Gasteiger partial charge is 0.496 e. The molecule has 0 aliphatic rings. The lowest BCUT2D eigenvalue weighted by atomic mass is 10.1. The molecule has 22 heavy (non-hydrogen) atoms. The normalized spacial score (nSPS) is 11.0. The Balaban J connectivity index is 2.38. The quantitative estimate of drug-likeness (QED) is 0.674. The number of amides is 1. The van der Waals surface area contributed by atoms with Gasteiger partial charge in [0.2, 0.25) is 0 Å². The molecule has 0 aromatic heterocycles. The molecule has 0 bridgehead atoms. The Bertz CT molecular complexity index is 462. The third kappa shape index (κ3) is 6.22. The summed E-state index contributed by atoms with van der Waals surface area (Å²) in [5.74, 6) is 0.833. The van der Waals surface area contributed by atoms with Gasteiger partial charge in [0.25, 0.3) is 0 Å². The van der Waals surface area contributed by atoms with Gasteiger partial charge in [0.05, 0.1) is 7.11 Å². The third-order valence-electron chi connectivity index (χ3n) is 2.89. The Morgan fingerprint density at radius 2 is 1.95 bits per heavy atom.